The highest BCUT2D eigenvalue weighted by Crippen LogP contribution is 2.53. The van der Waals surface area contributed by atoms with Gasteiger partial charge in [-0.1, -0.05) is 87.2 Å². The van der Waals surface area contributed by atoms with Crippen LogP contribution in [0.4, 0.5) is 0 Å². The van der Waals surface area contributed by atoms with Crippen LogP contribution in [-0.2, 0) is 11.2 Å². The number of hydrogen-bond acceptors (Lipinski definition) is 4. The number of carbonyl (C=O) groups excluding carboxylic acids is 2. The van der Waals surface area contributed by atoms with Crippen LogP contribution >= 0.6 is 34.8 Å². The summed E-state index contributed by atoms with van der Waals surface area (Å²) in [5.41, 5.74) is -0.739. The number of ether oxygens (including phenoxy) is 2. The van der Waals surface area contributed by atoms with Crippen molar-refractivity contribution in [2.24, 2.45) is 0 Å². The molecule has 0 saturated carbocycles. The summed E-state index contributed by atoms with van der Waals surface area (Å²) in [6.07, 6.45) is 8.52. The molecule has 0 aromatic heterocycles. The minimum absolute atomic E-state index is 0.0899. The number of amides is 1. The van der Waals surface area contributed by atoms with Gasteiger partial charge in [0.25, 0.3) is 11.6 Å². The minimum atomic E-state index is -1.77. The lowest BCUT2D eigenvalue weighted by molar-refractivity contribution is -0.134. The van der Waals surface area contributed by atoms with E-state index in [1.807, 2.05) is 0 Å². The monoisotopic (exact) mass is 501 g/mol. The summed E-state index contributed by atoms with van der Waals surface area (Å²) >= 11 is 19.3. The predicted molar refractivity (Wildman–Crippen MR) is 128 cm³/mol. The summed E-state index contributed by atoms with van der Waals surface area (Å²) in [5, 5.41) is 0.0644. The van der Waals surface area contributed by atoms with Gasteiger partial charge in [0, 0.05) is 12.1 Å². The Balaban J connectivity index is 2.02. The van der Waals surface area contributed by atoms with Crippen LogP contribution in [0.5, 0.6) is 11.5 Å². The fraction of sp³-hybridized carbons (Fsp3) is 0.583. The molecule has 32 heavy (non-hydrogen) atoms. The van der Waals surface area contributed by atoms with Gasteiger partial charge in [0.2, 0.25) is 5.78 Å². The topological polar surface area (TPSA) is 55.8 Å². The molecule has 0 bridgehead atoms. The number of methoxy groups -OCH3 is 1. The van der Waals surface area contributed by atoms with Crippen molar-refractivity contribution in [2.75, 3.05) is 13.7 Å². The number of nitrogens with zero attached hydrogens (tertiary/aromatic N) is 1. The number of Topliss-reactive ketones (excluding diaryl/α,β-unsaturated/α-hetero) is 1. The third-order valence-corrected chi connectivity index (χ3v) is 7.28. The zero-order chi connectivity index (χ0) is 23.5. The first-order chi connectivity index (χ1) is 15.3. The molecule has 2 aliphatic rings. The maximum atomic E-state index is 13.7. The fourth-order valence-electron chi connectivity index (χ4n) is 4.41. The van der Waals surface area contributed by atoms with Crippen molar-refractivity contribution in [3.8, 4) is 11.5 Å². The Morgan fingerprint density at radius 3 is 2.28 bits per heavy atom. The maximum Gasteiger partial charge on any atom is 0.288 e. The van der Waals surface area contributed by atoms with E-state index >= 15 is 0 Å². The molecule has 8 heteroatoms. The lowest BCUT2D eigenvalue weighted by Gasteiger charge is -2.33. The molecule has 0 radical (unpaired) electrons. The van der Waals surface area contributed by atoms with Gasteiger partial charge in [0.05, 0.1) is 17.7 Å². The average Bonchev–Trinajstić information content (AvgIpc) is 3.16. The van der Waals surface area contributed by atoms with Crippen LogP contribution in [0.1, 0.15) is 81.1 Å². The van der Waals surface area contributed by atoms with Crippen molar-refractivity contribution in [3.05, 3.63) is 32.3 Å². The Kier molecular flexibility index (Phi) is 8.40. The van der Waals surface area contributed by atoms with Gasteiger partial charge in [0.15, 0.2) is 0 Å². The van der Waals surface area contributed by atoms with Gasteiger partial charge in [-0.25, -0.2) is 0 Å². The second kappa shape index (κ2) is 10.7. The van der Waals surface area contributed by atoms with Crippen LogP contribution in [0.15, 0.2) is 16.1 Å². The summed E-state index contributed by atoms with van der Waals surface area (Å²) < 4.78 is 11.9. The number of rotatable bonds is 11. The highest BCUT2D eigenvalue weighted by molar-refractivity contribution is 6.51. The van der Waals surface area contributed by atoms with Crippen molar-refractivity contribution >= 4 is 46.5 Å². The van der Waals surface area contributed by atoms with Crippen LogP contribution in [0.2, 0.25) is 5.02 Å². The molecule has 2 aliphatic heterocycles. The van der Waals surface area contributed by atoms with Crippen LogP contribution in [-0.4, -0.2) is 36.0 Å². The van der Waals surface area contributed by atoms with Crippen molar-refractivity contribution < 1.29 is 19.1 Å². The SMILES string of the molecule is CCCCCCc1c(OC)c(Cl)cc2c1OC1(C2=O)C(Cl)=C(Cl)C(=O)N1CCCCCC. The molecule has 1 spiro atoms. The first-order valence-electron chi connectivity index (χ1n) is 11.4. The third kappa shape index (κ3) is 4.24. The number of halogens is 3. The van der Waals surface area contributed by atoms with Gasteiger partial charge in [-0.3, -0.25) is 14.5 Å². The first-order valence-corrected chi connectivity index (χ1v) is 12.5. The fourth-order valence-corrected chi connectivity index (χ4v) is 5.24. The molecule has 1 aromatic carbocycles. The second-order valence-electron chi connectivity index (χ2n) is 8.28. The first kappa shape index (κ1) is 25.2. The van der Waals surface area contributed by atoms with E-state index in [0.29, 0.717) is 35.1 Å². The lowest BCUT2D eigenvalue weighted by atomic mass is 9.97. The molecular weight excluding hydrogens is 473 g/mol. The van der Waals surface area contributed by atoms with Crippen molar-refractivity contribution in [1.82, 2.24) is 4.90 Å². The summed E-state index contributed by atoms with van der Waals surface area (Å²) in [6, 6.07) is 1.54. The number of unbranched alkanes of at least 4 members (excludes halogenated alkanes) is 6. The van der Waals surface area contributed by atoms with E-state index in [2.05, 4.69) is 13.8 Å². The largest absolute Gasteiger partial charge is 0.495 e. The summed E-state index contributed by atoms with van der Waals surface area (Å²) in [6.45, 7) is 4.58. The second-order valence-corrected chi connectivity index (χ2v) is 9.44. The molecule has 1 atom stereocenters. The normalized spacial score (nSPS) is 19.9. The Bertz CT molecular complexity index is 930. The van der Waals surface area contributed by atoms with E-state index in [-0.39, 0.29) is 10.1 Å². The number of benzene rings is 1. The van der Waals surface area contributed by atoms with Crippen LogP contribution in [0.3, 0.4) is 0 Å². The van der Waals surface area contributed by atoms with E-state index < -0.39 is 17.4 Å². The van der Waals surface area contributed by atoms with Crippen molar-refractivity contribution in [2.45, 2.75) is 77.4 Å². The van der Waals surface area contributed by atoms with Gasteiger partial charge >= 0.3 is 0 Å². The highest BCUT2D eigenvalue weighted by Gasteiger charge is 2.63. The van der Waals surface area contributed by atoms with Gasteiger partial charge in [-0.2, -0.15) is 0 Å². The van der Waals surface area contributed by atoms with Crippen LogP contribution in [0.25, 0.3) is 0 Å². The zero-order valence-corrected chi connectivity index (χ0v) is 21.1. The van der Waals surface area contributed by atoms with Gasteiger partial charge < -0.3 is 9.47 Å². The van der Waals surface area contributed by atoms with E-state index in [1.165, 1.54) is 4.90 Å². The Morgan fingerprint density at radius 1 is 1.00 bits per heavy atom. The molecule has 1 amide bonds. The maximum absolute atomic E-state index is 13.7. The standard InChI is InChI=1S/C24H30Cl3NO4/c1-4-6-8-10-12-15-19-16(14-17(25)20(15)31-3)22(29)24(32-19)21(27)18(26)23(30)28(24)13-11-9-7-5-2/h14H,4-13H2,1-3H3. The summed E-state index contributed by atoms with van der Waals surface area (Å²) in [7, 11) is 1.54. The molecular formula is C24H30Cl3NO4. The Morgan fingerprint density at radius 2 is 1.66 bits per heavy atom. The molecule has 0 saturated heterocycles. The Hall–Kier alpha value is -1.43. The van der Waals surface area contributed by atoms with E-state index in [4.69, 9.17) is 44.3 Å². The average molecular weight is 503 g/mol. The molecule has 5 nitrogen and oxygen atoms in total. The molecule has 0 N–H and O–H groups in total. The van der Waals surface area contributed by atoms with Gasteiger partial charge in [-0.15, -0.1) is 0 Å². The molecule has 0 fully saturated rings. The summed E-state index contributed by atoms with van der Waals surface area (Å²) in [5.74, 6) is -0.0476. The third-order valence-electron chi connectivity index (χ3n) is 6.11. The number of fused-ring (bicyclic) bond motifs is 1. The highest BCUT2D eigenvalue weighted by atomic mass is 35.5. The lowest BCUT2D eigenvalue weighted by Crippen LogP contribution is -2.55. The molecule has 1 aromatic rings. The smallest absolute Gasteiger partial charge is 0.288 e. The van der Waals surface area contributed by atoms with Crippen molar-refractivity contribution in [3.63, 3.8) is 0 Å². The zero-order valence-electron chi connectivity index (χ0n) is 18.9. The molecule has 1 unspecified atom stereocenters. The predicted octanol–water partition coefficient (Wildman–Crippen LogP) is 6.85. The molecule has 3 rings (SSSR count). The van der Waals surface area contributed by atoms with E-state index in [9.17, 15) is 9.59 Å². The Labute approximate surface area is 205 Å². The van der Waals surface area contributed by atoms with Crippen molar-refractivity contribution in [1.29, 1.82) is 0 Å². The summed E-state index contributed by atoms with van der Waals surface area (Å²) in [4.78, 5) is 28.0. The van der Waals surface area contributed by atoms with Gasteiger partial charge in [-0.05, 0) is 25.3 Å². The van der Waals surface area contributed by atoms with E-state index in [0.717, 1.165) is 56.9 Å². The van der Waals surface area contributed by atoms with E-state index in [1.54, 1.807) is 13.2 Å². The van der Waals surface area contributed by atoms with Crippen LogP contribution in [0, 0.1) is 0 Å². The molecule has 176 valence electrons. The molecule has 2 heterocycles. The number of hydrogen-bond donors (Lipinski definition) is 0. The molecule has 0 aliphatic carbocycles. The number of carbonyl (C=O) groups is 2. The number of ketones is 1. The van der Waals surface area contributed by atoms with Gasteiger partial charge in [0.1, 0.15) is 21.6 Å². The quantitative estimate of drug-likeness (QED) is 0.310. The minimum Gasteiger partial charge on any atom is -0.495 e. The van der Waals surface area contributed by atoms with Crippen LogP contribution < -0.4 is 9.47 Å².